The Morgan fingerprint density at radius 3 is 2.26 bits per heavy atom. The molecule has 0 aliphatic carbocycles. The fourth-order valence-corrected chi connectivity index (χ4v) is 2.76. The first-order chi connectivity index (χ1) is 9.13. The second-order valence-electron chi connectivity index (χ2n) is 4.47. The molecular weight excluding hydrogens is 279 g/mol. The van der Waals surface area contributed by atoms with Crippen molar-refractivity contribution in [2.24, 2.45) is 0 Å². The fourth-order valence-electron chi connectivity index (χ4n) is 2.21. The van der Waals surface area contributed by atoms with Gasteiger partial charge in [-0.05, 0) is 35.2 Å². The minimum atomic E-state index is -0.589. The third-order valence-electron chi connectivity index (χ3n) is 3.25. The van der Waals surface area contributed by atoms with Crippen LogP contribution in [0.2, 0.25) is 10.0 Å². The van der Waals surface area contributed by atoms with E-state index in [0.29, 0.717) is 16.5 Å². The zero-order valence-electron chi connectivity index (χ0n) is 10.7. The van der Waals surface area contributed by atoms with E-state index in [-0.39, 0.29) is 0 Å². The molecule has 1 nitrogen and oxygen atoms in total. The van der Waals surface area contributed by atoms with Crippen LogP contribution in [-0.4, -0.2) is 5.11 Å². The quantitative estimate of drug-likeness (QED) is 0.856. The highest BCUT2D eigenvalue weighted by molar-refractivity contribution is 6.36. The first-order valence-electron chi connectivity index (χ1n) is 6.32. The molecule has 0 aromatic heterocycles. The molecule has 2 rings (SSSR count). The van der Waals surface area contributed by atoms with E-state index in [1.807, 2.05) is 24.3 Å². The zero-order chi connectivity index (χ0) is 13.8. The third kappa shape index (κ3) is 3.30. The summed E-state index contributed by atoms with van der Waals surface area (Å²) in [5.41, 5.74) is 2.89. The Hall–Kier alpha value is -1.02. The number of aliphatic hydroxyl groups excluding tert-OH is 1. The van der Waals surface area contributed by atoms with Gasteiger partial charge in [0, 0.05) is 16.5 Å². The van der Waals surface area contributed by atoms with Gasteiger partial charge in [0.05, 0.1) is 6.10 Å². The highest BCUT2D eigenvalue weighted by Crippen LogP contribution is 2.30. The predicted octanol–water partition coefficient (Wildman–Crippen LogP) is 4.83. The van der Waals surface area contributed by atoms with E-state index in [4.69, 9.17) is 23.2 Å². The van der Waals surface area contributed by atoms with Gasteiger partial charge in [-0.25, -0.2) is 0 Å². The molecule has 0 saturated heterocycles. The molecule has 0 fully saturated rings. The first kappa shape index (κ1) is 14.4. The number of halogens is 2. The van der Waals surface area contributed by atoms with Crippen molar-refractivity contribution in [1.29, 1.82) is 0 Å². The van der Waals surface area contributed by atoms with Crippen LogP contribution in [0.5, 0.6) is 0 Å². The number of benzene rings is 2. The second-order valence-corrected chi connectivity index (χ2v) is 5.29. The van der Waals surface area contributed by atoms with Crippen molar-refractivity contribution in [2.45, 2.75) is 25.9 Å². The molecule has 0 amide bonds. The van der Waals surface area contributed by atoms with Crippen LogP contribution in [0.3, 0.4) is 0 Å². The minimum absolute atomic E-state index is 0.426. The van der Waals surface area contributed by atoms with E-state index < -0.39 is 6.10 Å². The molecule has 0 aliphatic rings. The molecule has 19 heavy (non-hydrogen) atoms. The van der Waals surface area contributed by atoms with Crippen LogP contribution < -0.4 is 0 Å². The largest absolute Gasteiger partial charge is 0.388 e. The number of rotatable bonds is 4. The van der Waals surface area contributed by atoms with Crippen LogP contribution in [0.25, 0.3) is 0 Å². The Balaban J connectivity index is 2.28. The molecule has 0 bridgehead atoms. The fraction of sp³-hybridized carbons (Fsp3) is 0.250. The zero-order valence-corrected chi connectivity index (χ0v) is 12.2. The van der Waals surface area contributed by atoms with Crippen LogP contribution in [0.1, 0.15) is 29.7 Å². The lowest BCUT2D eigenvalue weighted by Crippen LogP contribution is -2.06. The molecule has 2 aromatic rings. The predicted molar refractivity (Wildman–Crippen MR) is 80.9 cm³/mol. The Labute approximate surface area is 123 Å². The van der Waals surface area contributed by atoms with Gasteiger partial charge in [-0.3, -0.25) is 0 Å². The van der Waals surface area contributed by atoms with Gasteiger partial charge >= 0.3 is 0 Å². The summed E-state index contributed by atoms with van der Waals surface area (Å²) in [6.07, 6.45) is 0.729. The van der Waals surface area contributed by atoms with Crippen molar-refractivity contribution in [3.63, 3.8) is 0 Å². The summed E-state index contributed by atoms with van der Waals surface area (Å²) in [7, 11) is 0. The van der Waals surface area contributed by atoms with Gasteiger partial charge in [-0.15, -0.1) is 0 Å². The Morgan fingerprint density at radius 1 is 1.00 bits per heavy atom. The van der Waals surface area contributed by atoms with Crippen LogP contribution in [-0.2, 0) is 12.8 Å². The van der Waals surface area contributed by atoms with Gasteiger partial charge in [0.15, 0.2) is 0 Å². The molecule has 1 N–H and O–H groups in total. The van der Waals surface area contributed by atoms with Crippen molar-refractivity contribution in [1.82, 2.24) is 0 Å². The van der Waals surface area contributed by atoms with Crippen molar-refractivity contribution in [3.8, 4) is 0 Å². The number of aliphatic hydroxyl groups is 1. The molecule has 1 unspecified atom stereocenters. The molecule has 0 spiro atoms. The molecule has 0 saturated carbocycles. The summed E-state index contributed by atoms with van der Waals surface area (Å²) in [6.45, 7) is 2.08. The first-order valence-corrected chi connectivity index (χ1v) is 7.07. The van der Waals surface area contributed by atoms with Gasteiger partial charge < -0.3 is 5.11 Å². The van der Waals surface area contributed by atoms with E-state index in [1.165, 1.54) is 0 Å². The molecule has 0 heterocycles. The normalized spacial score (nSPS) is 12.4. The van der Waals surface area contributed by atoms with E-state index in [1.54, 1.807) is 18.2 Å². The monoisotopic (exact) mass is 294 g/mol. The molecule has 1 atom stereocenters. The lowest BCUT2D eigenvalue weighted by molar-refractivity contribution is 0.177. The van der Waals surface area contributed by atoms with Gasteiger partial charge in [-0.2, -0.15) is 0 Å². The van der Waals surface area contributed by atoms with Crippen molar-refractivity contribution in [2.75, 3.05) is 0 Å². The number of hydrogen-bond acceptors (Lipinski definition) is 1. The van der Waals surface area contributed by atoms with Crippen LogP contribution in [0.15, 0.2) is 42.5 Å². The van der Waals surface area contributed by atoms with Crippen molar-refractivity contribution < 1.29 is 5.11 Å². The van der Waals surface area contributed by atoms with E-state index >= 15 is 0 Å². The SMILES string of the molecule is CCc1ccccc1C(O)Cc1c(Cl)cccc1Cl. The maximum atomic E-state index is 10.4. The van der Waals surface area contributed by atoms with Gasteiger partial charge in [0.25, 0.3) is 0 Å². The topological polar surface area (TPSA) is 20.2 Å². The van der Waals surface area contributed by atoms with Crippen LogP contribution in [0.4, 0.5) is 0 Å². The Kier molecular flexibility index (Phi) is 4.87. The lowest BCUT2D eigenvalue weighted by Gasteiger charge is -2.16. The van der Waals surface area contributed by atoms with Crippen molar-refractivity contribution >= 4 is 23.2 Å². The summed E-state index contributed by atoms with van der Waals surface area (Å²) < 4.78 is 0. The average Bonchev–Trinajstić information content (AvgIpc) is 2.42. The third-order valence-corrected chi connectivity index (χ3v) is 3.96. The maximum absolute atomic E-state index is 10.4. The highest BCUT2D eigenvalue weighted by Gasteiger charge is 2.15. The smallest absolute Gasteiger partial charge is 0.0834 e. The summed E-state index contributed by atoms with van der Waals surface area (Å²) in [5.74, 6) is 0. The molecule has 2 aromatic carbocycles. The summed E-state index contributed by atoms with van der Waals surface area (Å²) in [4.78, 5) is 0. The van der Waals surface area contributed by atoms with E-state index in [2.05, 4.69) is 6.92 Å². The molecule has 0 aliphatic heterocycles. The van der Waals surface area contributed by atoms with E-state index in [0.717, 1.165) is 23.1 Å². The molecule has 3 heteroatoms. The van der Waals surface area contributed by atoms with Gasteiger partial charge in [-0.1, -0.05) is 60.5 Å². The number of hydrogen-bond donors (Lipinski definition) is 1. The molecular formula is C16H16Cl2O. The minimum Gasteiger partial charge on any atom is -0.388 e. The summed E-state index contributed by atoms with van der Waals surface area (Å²) in [6, 6.07) is 13.3. The van der Waals surface area contributed by atoms with Gasteiger partial charge in [0.1, 0.15) is 0 Å². The maximum Gasteiger partial charge on any atom is 0.0834 e. The summed E-state index contributed by atoms with van der Waals surface area (Å²) >= 11 is 12.3. The lowest BCUT2D eigenvalue weighted by atomic mass is 9.96. The highest BCUT2D eigenvalue weighted by atomic mass is 35.5. The van der Waals surface area contributed by atoms with Crippen molar-refractivity contribution in [3.05, 3.63) is 69.2 Å². The Morgan fingerprint density at radius 2 is 1.63 bits per heavy atom. The van der Waals surface area contributed by atoms with E-state index in [9.17, 15) is 5.11 Å². The Bertz CT molecular complexity index is 546. The van der Waals surface area contributed by atoms with Crippen LogP contribution in [0, 0.1) is 0 Å². The van der Waals surface area contributed by atoms with Gasteiger partial charge in [0.2, 0.25) is 0 Å². The van der Waals surface area contributed by atoms with Crippen LogP contribution >= 0.6 is 23.2 Å². The number of aryl methyl sites for hydroxylation is 1. The summed E-state index contributed by atoms with van der Waals surface area (Å²) in [5, 5.41) is 11.6. The standard InChI is InChI=1S/C16H16Cl2O/c1-2-11-6-3-4-7-12(11)16(19)10-13-14(17)8-5-9-15(13)18/h3-9,16,19H,2,10H2,1H3. The molecule has 0 radical (unpaired) electrons. The average molecular weight is 295 g/mol. The molecule has 100 valence electrons. The second kappa shape index (κ2) is 6.42.